The third kappa shape index (κ3) is 5.47. The summed E-state index contributed by atoms with van der Waals surface area (Å²) in [5.74, 6) is 0.680. The molecule has 2 N–H and O–H groups in total. The highest BCUT2D eigenvalue weighted by Gasteiger charge is 2.11. The van der Waals surface area contributed by atoms with Crippen molar-refractivity contribution in [2.75, 3.05) is 26.2 Å². The minimum Gasteiger partial charge on any atom is -0.317 e. The molecule has 1 fully saturated rings. The molecule has 0 aromatic heterocycles. The first-order valence-electron chi connectivity index (χ1n) is 6.92. The second kappa shape index (κ2) is 8.51. The van der Waals surface area contributed by atoms with Crippen LogP contribution in [0.3, 0.4) is 0 Å². The van der Waals surface area contributed by atoms with Gasteiger partial charge in [-0.15, -0.1) is 12.4 Å². The van der Waals surface area contributed by atoms with E-state index in [4.69, 9.17) is 0 Å². The predicted molar refractivity (Wildman–Crippen MR) is 80.6 cm³/mol. The first kappa shape index (κ1) is 16.4. The van der Waals surface area contributed by atoms with Crippen molar-refractivity contribution < 1.29 is 4.39 Å². The van der Waals surface area contributed by atoms with Crippen LogP contribution < -0.4 is 10.6 Å². The van der Waals surface area contributed by atoms with Crippen molar-refractivity contribution in [2.24, 2.45) is 5.92 Å². The van der Waals surface area contributed by atoms with Crippen molar-refractivity contribution in [1.82, 2.24) is 10.6 Å². The first-order chi connectivity index (χ1) is 8.75. The molecule has 108 valence electrons. The Balaban J connectivity index is 0.00000180. The number of piperidine rings is 1. The number of hydrogen-bond acceptors (Lipinski definition) is 2. The standard InChI is InChI=1S/C15H23FN2.ClH/c1-12-10-15(16)3-2-14(12)6-9-18-11-13-4-7-17-8-5-13;/h2-3,10,13,17-18H,4-9,11H2,1H3;1H. The summed E-state index contributed by atoms with van der Waals surface area (Å²) >= 11 is 0. The molecule has 2 nitrogen and oxygen atoms in total. The monoisotopic (exact) mass is 286 g/mol. The van der Waals surface area contributed by atoms with Crippen LogP contribution >= 0.6 is 12.4 Å². The van der Waals surface area contributed by atoms with Gasteiger partial charge in [-0.3, -0.25) is 0 Å². The highest BCUT2D eigenvalue weighted by atomic mass is 35.5. The van der Waals surface area contributed by atoms with Crippen LogP contribution in [0.1, 0.15) is 24.0 Å². The van der Waals surface area contributed by atoms with E-state index in [1.54, 1.807) is 12.1 Å². The highest BCUT2D eigenvalue weighted by Crippen LogP contribution is 2.11. The Kier molecular flexibility index (Phi) is 7.36. The number of nitrogens with one attached hydrogen (secondary N) is 2. The summed E-state index contributed by atoms with van der Waals surface area (Å²) in [4.78, 5) is 0. The van der Waals surface area contributed by atoms with Gasteiger partial charge in [-0.2, -0.15) is 0 Å². The average Bonchev–Trinajstić information content (AvgIpc) is 2.38. The van der Waals surface area contributed by atoms with Crippen molar-refractivity contribution in [3.63, 3.8) is 0 Å². The zero-order valence-electron chi connectivity index (χ0n) is 11.5. The molecule has 2 rings (SSSR count). The Morgan fingerprint density at radius 1 is 1.32 bits per heavy atom. The summed E-state index contributed by atoms with van der Waals surface area (Å²) < 4.78 is 13.0. The van der Waals surface area contributed by atoms with E-state index in [9.17, 15) is 4.39 Å². The third-order valence-electron chi connectivity index (χ3n) is 3.77. The highest BCUT2D eigenvalue weighted by molar-refractivity contribution is 5.85. The van der Waals surface area contributed by atoms with Crippen molar-refractivity contribution >= 4 is 12.4 Å². The van der Waals surface area contributed by atoms with Gasteiger partial charge < -0.3 is 10.6 Å². The fourth-order valence-corrected chi connectivity index (χ4v) is 2.55. The normalized spacial score (nSPS) is 16.1. The van der Waals surface area contributed by atoms with Crippen LogP contribution in [0, 0.1) is 18.7 Å². The Labute approximate surface area is 121 Å². The van der Waals surface area contributed by atoms with Gasteiger partial charge in [-0.05, 0) is 81.5 Å². The quantitative estimate of drug-likeness (QED) is 0.813. The van der Waals surface area contributed by atoms with Gasteiger partial charge in [0.2, 0.25) is 0 Å². The Hall–Kier alpha value is -0.640. The van der Waals surface area contributed by atoms with E-state index in [1.807, 2.05) is 13.0 Å². The summed E-state index contributed by atoms with van der Waals surface area (Å²) in [7, 11) is 0. The number of hydrogen-bond donors (Lipinski definition) is 2. The van der Waals surface area contributed by atoms with Crippen LogP contribution in [-0.2, 0) is 6.42 Å². The van der Waals surface area contributed by atoms with Crippen LogP contribution in [0.5, 0.6) is 0 Å². The van der Waals surface area contributed by atoms with E-state index < -0.39 is 0 Å². The van der Waals surface area contributed by atoms with E-state index in [1.165, 1.54) is 18.4 Å². The smallest absolute Gasteiger partial charge is 0.123 e. The number of benzene rings is 1. The molecule has 1 aromatic rings. The lowest BCUT2D eigenvalue weighted by Gasteiger charge is -2.22. The van der Waals surface area contributed by atoms with Gasteiger partial charge in [-0.1, -0.05) is 6.07 Å². The van der Waals surface area contributed by atoms with Crippen molar-refractivity contribution in [3.8, 4) is 0 Å². The molecule has 0 atom stereocenters. The van der Waals surface area contributed by atoms with Gasteiger partial charge in [0, 0.05) is 0 Å². The van der Waals surface area contributed by atoms with Crippen LogP contribution in [0.25, 0.3) is 0 Å². The lowest BCUT2D eigenvalue weighted by atomic mass is 9.98. The molecule has 1 aromatic carbocycles. The molecule has 0 bridgehead atoms. The van der Waals surface area contributed by atoms with E-state index >= 15 is 0 Å². The lowest BCUT2D eigenvalue weighted by molar-refractivity contribution is 0.358. The molecule has 0 aliphatic carbocycles. The molecule has 4 heteroatoms. The average molecular weight is 287 g/mol. The SMILES string of the molecule is Cc1cc(F)ccc1CCNCC1CCNCC1.Cl. The zero-order chi connectivity index (χ0) is 12.8. The second-order valence-corrected chi connectivity index (χ2v) is 5.22. The van der Waals surface area contributed by atoms with Gasteiger partial charge in [0.1, 0.15) is 5.82 Å². The Morgan fingerprint density at radius 3 is 2.74 bits per heavy atom. The molecule has 0 amide bonds. The summed E-state index contributed by atoms with van der Waals surface area (Å²) in [5.41, 5.74) is 2.30. The number of halogens is 2. The molecule has 1 saturated heterocycles. The maximum atomic E-state index is 13.0. The fourth-order valence-electron chi connectivity index (χ4n) is 2.55. The molecule has 0 unspecified atom stereocenters. The fraction of sp³-hybridized carbons (Fsp3) is 0.600. The molecule has 0 spiro atoms. The van der Waals surface area contributed by atoms with E-state index in [0.29, 0.717) is 0 Å². The Bertz CT molecular complexity index is 378. The molecule has 1 aliphatic rings. The Morgan fingerprint density at radius 2 is 2.05 bits per heavy atom. The van der Waals surface area contributed by atoms with E-state index in [-0.39, 0.29) is 18.2 Å². The van der Waals surface area contributed by atoms with E-state index in [0.717, 1.165) is 44.1 Å². The van der Waals surface area contributed by atoms with Crippen LogP contribution in [-0.4, -0.2) is 26.2 Å². The maximum absolute atomic E-state index is 13.0. The van der Waals surface area contributed by atoms with E-state index in [2.05, 4.69) is 10.6 Å². The van der Waals surface area contributed by atoms with Crippen molar-refractivity contribution in [2.45, 2.75) is 26.2 Å². The third-order valence-corrected chi connectivity index (χ3v) is 3.77. The number of rotatable bonds is 5. The first-order valence-corrected chi connectivity index (χ1v) is 6.92. The predicted octanol–water partition coefficient (Wildman–Crippen LogP) is 2.69. The molecule has 1 heterocycles. The van der Waals surface area contributed by atoms with Crippen molar-refractivity contribution in [3.05, 3.63) is 35.1 Å². The summed E-state index contributed by atoms with van der Waals surface area (Å²) in [5, 5.41) is 6.90. The molecule has 0 saturated carbocycles. The molecule has 1 aliphatic heterocycles. The maximum Gasteiger partial charge on any atom is 0.123 e. The summed E-state index contributed by atoms with van der Waals surface area (Å²) in [6.45, 7) is 6.39. The van der Waals surface area contributed by atoms with Crippen LogP contribution in [0.4, 0.5) is 4.39 Å². The lowest BCUT2D eigenvalue weighted by Crippen LogP contribution is -2.34. The number of aryl methyl sites for hydroxylation is 1. The molecular weight excluding hydrogens is 263 g/mol. The second-order valence-electron chi connectivity index (χ2n) is 5.22. The van der Waals surface area contributed by atoms with Gasteiger partial charge >= 0.3 is 0 Å². The topological polar surface area (TPSA) is 24.1 Å². The molecule has 0 radical (unpaired) electrons. The van der Waals surface area contributed by atoms with Crippen molar-refractivity contribution in [1.29, 1.82) is 0 Å². The van der Waals surface area contributed by atoms with Crippen LogP contribution in [0.15, 0.2) is 18.2 Å². The zero-order valence-corrected chi connectivity index (χ0v) is 12.4. The van der Waals surface area contributed by atoms with Gasteiger partial charge in [-0.25, -0.2) is 4.39 Å². The largest absolute Gasteiger partial charge is 0.317 e. The molecular formula is C15H24ClFN2. The van der Waals surface area contributed by atoms with Gasteiger partial charge in [0.15, 0.2) is 0 Å². The minimum absolute atomic E-state index is 0. The van der Waals surface area contributed by atoms with Gasteiger partial charge in [0.25, 0.3) is 0 Å². The minimum atomic E-state index is -0.140. The summed E-state index contributed by atoms with van der Waals surface area (Å²) in [6.07, 6.45) is 3.54. The summed E-state index contributed by atoms with van der Waals surface area (Å²) in [6, 6.07) is 5.06. The van der Waals surface area contributed by atoms with Crippen LogP contribution in [0.2, 0.25) is 0 Å². The molecule has 19 heavy (non-hydrogen) atoms. The van der Waals surface area contributed by atoms with Gasteiger partial charge in [0.05, 0.1) is 0 Å².